The highest BCUT2D eigenvalue weighted by atomic mass is 15.1. The number of likely N-dealkylation sites (N-methyl/N-ethyl adjacent to an activating group) is 1. The van der Waals surface area contributed by atoms with Crippen LogP contribution in [0.15, 0.2) is 18.2 Å². The summed E-state index contributed by atoms with van der Waals surface area (Å²) >= 11 is 0. The highest BCUT2D eigenvalue weighted by Crippen LogP contribution is 2.20. The molecule has 0 saturated heterocycles. The average Bonchev–Trinajstić information content (AvgIpc) is 2.16. The van der Waals surface area contributed by atoms with Gasteiger partial charge in [0.15, 0.2) is 0 Å². The Hall–Kier alpha value is -1.02. The SMILES string of the molecule is Cc1ccc(N(C)CC(N)C(C)C)c(C)c1. The minimum atomic E-state index is 0.228. The molecule has 2 heteroatoms. The number of aryl methyl sites for hydroxylation is 2. The van der Waals surface area contributed by atoms with Gasteiger partial charge in [-0.05, 0) is 31.4 Å². The van der Waals surface area contributed by atoms with Crippen molar-refractivity contribution in [3.63, 3.8) is 0 Å². The summed E-state index contributed by atoms with van der Waals surface area (Å²) < 4.78 is 0. The van der Waals surface area contributed by atoms with Gasteiger partial charge >= 0.3 is 0 Å². The second-order valence-electron chi connectivity index (χ2n) is 5.08. The minimum Gasteiger partial charge on any atom is -0.373 e. The normalized spacial score (nSPS) is 12.9. The number of hydrogen-bond acceptors (Lipinski definition) is 2. The molecular weight excluding hydrogens is 196 g/mol. The fourth-order valence-electron chi connectivity index (χ4n) is 1.86. The molecule has 0 aromatic heterocycles. The second kappa shape index (κ2) is 5.35. The van der Waals surface area contributed by atoms with Gasteiger partial charge in [0, 0.05) is 25.3 Å². The summed E-state index contributed by atoms with van der Waals surface area (Å²) in [6, 6.07) is 6.77. The molecule has 0 fully saturated rings. The van der Waals surface area contributed by atoms with Crippen LogP contribution in [0.25, 0.3) is 0 Å². The Morgan fingerprint density at radius 1 is 1.25 bits per heavy atom. The summed E-state index contributed by atoms with van der Waals surface area (Å²) in [5, 5.41) is 0. The molecule has 0 aliphatic carbocycles. The van der Waals surface area contributed by atoms with E-state index in [1.165, 1.54) is 16.8 Å². The van der Waals surface area contributed by atoms with Crippen molar-refractivity contribution in [2.75, 3.05) is 18.5 Å². The number of benzene rings is 1. The molecule has 0 amide bonds. The number of hydrogen-bond donors (Lipinski definition) is 1. The Bertz CT molecular complexity index is 345. The van der Waals surface area contributed by atoms with E-state index in [1.54, 1.807) is 0 Å². The van der Waals surface area contributed by atoms with E-state index in [9.17, 15) is 0 Å². The van der Waals surface area contributed by atoms with Crippen molar-refractivity contribution in [1.29, 1.82) is 0 Å². The summed E-state index contributed by atoms with van der Waals surface area (Å²) in [7, 11) is 2.11. The third-order valence-corrected chi connectivity index (χ3v) is 3.10. The molecule has 1 aromatic rings. The fourth-order valence-corrected chi connectivity index (χ4v) is 1.86. The first kappa shape index (κ1) is 13.0. The van der Waals surface area contributed by atoms with Crippen LogP contribution in [-0.4, -0.2) is 19.6 Å². The quantitative estimate of drug-likeness (QED) is 0.845. The maximum absolute atomic E-state index is 6.09. The molecule has 0 spiro atoms. The predicted molar refractivity (Wildman–Crippen MR) is 72.0 cm³/mol. The van der Waals surface area contributed by atoms with Crippen molar-refractivity contribution in [3.8, 4) is 0 Å². The van der Waals surface area contributed by atoms with Gasteiger partial charge in [-0.15, -0.1) is 0 Å². The van der Waals surface area contributed by atoms with E-state index in [-0.39, 0.29) is 6.04 Å². The van der Waals surface area contributed by atoms with E-state index < -0.39 is 0 Å². The molecule has 0 aliphatic rings. The third kappa shape index (κ3) is 3.24. The summed E-state index contributed by atoms with van der Waals surface area (Å²) in [6.45, 7) is 9.51. The minimum absolute atomic E-state index is 0.228. The predicted octanol–water partition coefficient (Wildman–Crippen LogP) is 2.72. The van der Waals surface area contributed by atoms with Gasteiger partial charge in [0.2, 0.25) is 0 Å². The molecule has 0 bridgehead atoms. The molecule has 0 radical (unpaired) electrons. The summed E-state index contributed by atoms with van der Waals surface area (Å²) in [6.07, 6.45) is 0. The van der Waals surface area contributed by atoms with E-state index in [0.717, 1.165) is 6.54 Å². The van der Waals surface area contributed by atoms with Gasteiger partial charge in [-0.1, -0.05) is 31.5 Å². The molecule has 2 N–H and O–H groups in total. The van der Waals surface area contributed by atoms with Crippen molar-refractivity contribution in [1.82, 2.24) is 0 Å². The first-order valence-corrected chi connectivity index (χ1v) is 5.95. The van der Waals surface area contributed by atoms with Gasteiger partial charge < -0.3 is 10.6 Å². The van der Waals surface area contributed by atoms with Crippen LogP contribution in [0.2, 0.25) is 0 Å². The zero-order valence-corrected chi connectivity index (χ0v) is 11.1. The van der Waals surface area contributed by atoms with Gasteiger partial charge in [0.25, 0.3) is 0 Å². The molecule has 1 aromatic carbocycles. The Morgan fingerprint density at radius 3 is 2.38 bits per heavy atom. The van der Waals surface area contributed by atoms with Crippen LogP contribution < -0.4 is 10.6 Å². The van der Waals surface area contributed by atoms with E-state index in [0.29, 0.717) is 5.92 Å². The highest BCUT2D eigenvalue weighted by molar-refractivity contribution is 5.53. The smallest absolute Gasteiger partial charge is 0.0394 e. The largest absolute Gasteiger partial charge is 0.373 e. The first-order chi connectivity index (χ1) is 7.41. The van der Waals surface area contributed by atoms with Crippen molar-refractivity contribution in [2.45, 2.75) is 33.7 Å². The number of rotatable bonds is 4. The highest BCUT2D eigenvalue weighted by Gasteiger charge is 2.12. The van der Waals surface area contributed by atoms with Crippen LogP contribution in [0.1, 0.15) is 25.0 Å². The molecule has 0 saturated carbocycles. The maximum Gasteiger partial charge on any atom is 0.0394 e. The Labute approximate surface area is 99.5 Å². The molecule has 0 aliphatic heterocycles. The van der Waals surface area contributed by atoms with Crippen LogP contribution in [0, 0.1) is 19.8 Å². The van der Waals surface area contributed by atoms with Crippen LogP contribution in [0.4, 0.5) is 5.69 Å². The van der Waals surface area contributed by atoms with E-state index >= 15 is 0 Å². The molecular formula is C14H24N2. The molecule has 90 valence electrons. The van der Waals surface area contributed by atoms with Crippen molar-refractivity contribution in [3.05, 3.63) is 29.3 Å². The van der Waals surface area contributed by atoms with Gasteiger partial charge in [-0.2, -0.15) is 0 Å². The standard InChI is InChI=1S/C14H24N2/c1-10(2)13(15)9-16(5)14-7-6-11(3)8-12(14)4/h6-8,10,13H,9,15H2,1-5H3. The van der Waals surface area contributed by atoms with Crippen molar-refractivity contribution in [2.24, 2.45) is 11.7 Å². The molecule has 16 heavy (non-hydrogen) atoms. The second-order valence-corrected chi connectivity index (χ2v) is 5.08. The molecule has 0 heterocycles. The number of nitrogens with two attached hydrogens (primary N) is 1. The summed E-state index contributed by atoms with van der Waals surface area (Å²) in [5.41, 5.74) is 10.00. The Morgan fingerprint density at radius 2 is 1.88 bits per heavy atom. The zero-order chi connectivity index (χ0) is 12.3. The van der Waals surface area contributed by atoms with Crippen LogP contribution >= 0.6 is 0 Å². The topological polar surface area (TPSA) is 29.3 Å². The van der Waals surface area contributed by atoms with E-state index in [4.69, 9.17) is 5.73 Å². The van der Waals surface area contributed by atoms with Crippen LogP contribution in [0.3, 0.4) is 0 Å². The maximum atomic E-state index is 6.09. The molecule has 1 rings (SSSR count). The first-order valence-electron chi connectivity index (χ1n) is 5.95. The van der Waals surface area contributed by atoms with Gasteiger partial charge in [-0.25, -0.2) is 0 Å². The molecule has 1 atom stereocenters. The lowest BCUT2D eigenvalue weighted by molar-refractivity contribution is 0.493. The van der Waals surface area contributed by atoms with Crippen molar-refractivity contribution >= 4 is 5.69 Å². The van der Waals surface area contributed by atoms with Gasteiger partial charge in [-0.3, -0.25) is 0 Å². The van der Waals surface area contributed by atoms with Gasteiger partial charge in [0.1, 0.15) is 0 Å². The van der Waals surface area contributed by atoms with Crippen LogP contribution in [0.5, 0.6) is 0 Å². The van der Waals surface area contributed by atoms with Gasteiger partial charge in [0.05, 0.1) is 0 Å². The zero-order valence-electron chi connectivity index (χ0n) is 11.1. The monoisotopic (exact) mass is 220 g/mol. The molecule has 1 unspecified atom stereocenters. The summed E-state index contributed by atoms with van der Waals surface area (Å²) in [4.78, 5) is 2.25. The van der Waals surface area contributed by atoms with Crippen molar-refractivity contribution < 1.29 is 0 Å². The third-order valence-electron chi connectivity index (χ3n) is 3.10. The number of nitrogens with zero attached hydrogens (tertiary/aromatic N) is 1. The lowest BCUT2D eigenvalue weighted by Crippen LogP contribution is -2.39. The van der Waals surface area contributed by atoms with E-state index in [2.05, 4.69) is 57.8 Å². The average molecular weight is 220 g/mol. The van der Waals surface area contributed by atoms with Crippen LogP contribution in [-0.2, 0) is 0 Å². The summed E-state index contributed by atoms with van der Waals surface area (Å²) in [5.74, 6) is 0.521. The Balaban J connectivity index is 2.76. The molecule has 2 nitrogen and oxygen atoms in total. The Kier molecular flexibility index (Phi) is 4.36. The van der Waals surface area contributed by atoms with E-state index in [1.807, 2.05) is 0 Å². The lowest BCUT2D eigenvalue weighted by Gasteiger charge is -2.27. The lowest BCUT2D eigenvalue weighted by atomic mass is 10.0. The number of anilines is 1. The fraction of sp³-hybridized carbons (Fsp3) is 0.571.